The Balaban J connectivity index is 1.90. The number of likely N-dealkylation sites (tertiary alicyclic amines) is 1. The predicted octanol–water partition coefficient (Wildman–Crippen LogP) is 1.17. The highest BCUT2D eigenvalue weighted by molar-refractivity contribution is 5.78. The summed E-state index contributed by atoms with van der Waals surface area (Å²) in [6.45, 7) is 6.83. The van der Waals surface area contributed by atoms with Gasteiger partial charge in [-0.25, -0.2) is 4.79 Å². The number of rotatable bonds is 3. The Morgan fingerprint density at radius 3 is 2.30 bits per heavy atom. The maximum atomic E-state index is 12.1. The van der Waals surface area contributed by atoms with Crippen LogP contribution in [0.5, 0.6) is 0 Å². The van der Waals surface area contributed by atoms with Crippen molar-refractivity contribution in [3.05, 3.63) is 0 Å². The van der Waals surface area contributed by atoms with Gasteiger partial charge in [0.2, 0.25) is 0 Å². The standard InChI is InChI=1S/C14H24N2O4/c1-10-7-16(8-11(10)2)13(19)15-9-14(12(17)18)3-5-20-6-4-14/h10-11H,3-9H2,1-2H3,(H,15,19)(H,17,18). The summed E-state index contributed by atoms with van der Waals surface area (Å²) < 4.78 is 5.22. The topological polar surface area (TPSA) is 78.9 Å². The largest absolute Gasteiger partial charge is 0.481 e. The van der Waals surface area contributed by atoms with Crippen LogP contribution < -0.4 is 5.32 Å². The van der Waals surface area contributed by atoms with Crippen molar-refractivity contribution in [3.63, 3.8) is 0 Å². The van der Waals surface area contributed by atoms with Gasteiger partial charge in [0.25, 0.3) is 0 Å². The van der Waals surface area contributed by atoms with Crippen LogP contribution in [0, 0.1) is 17.3 Å². The second kappa shape index (κ2) is 5.99. The van der Waals surface area contributed by atoms with Gasteiger partial charge in [0.15, 0.2) is 0 Å². The fraction of sp³-hybridized carbons (Fsp3) is 0.857. The van der Waals surface area contributed by atoms with Crippen LogP contribution in [0.4, 0.5) is 4.79 Å². The zero-order chi connectivity index (χ0) is 14.8. The molecular formula is C14H24N2O4. The average Bonchev–Trinajstić information content (AvgIpc) is 2.77. The van der Waals surface area contributed by atoms with Gasteiger partial charge < -0.3 is 20.1 Å². The van der Waals surface area contributed by atoms with Gasteiger partial charge in [0, 0.05) is 32.8 Å². The summed E-state index contributed by atoms with van der Waals surface area (Å²) in [5.41, 5.74) is -0.870. The second-order valence-corrected chi connectivity index (χ2v) is 6.22. The van der Waals surface area contributed by atoms with E-state index in [-0.39, 0.29) is 12.6 Å². The van der Waals surface area contributed by atoms with E-state index in [1.54, 1.807) is 4.90 Å². The summed E-state index contributed by atoms with van der Waals surface area (Å²) >= 11 is 0. The summed E-state index contributed by atoms with van der Waals surface area (Å²) in [5.74, 6) is 0.152. The molecule has 114 valence electrons. The Morgan fingerprint density at radius 1 is 1.25 bits per heavy atom. The van der Waals surface area contributed by atoms with Crippen LogP contribution in [-0.4, -0.2) is 54.9 Å². The number of aliphatic carboxylic acids is 1. The molecule has 2 atom stereocenters. The molecule has 20 heavy (non-hydrogen) atoms. The molecule has 0 bridgehead atoms. The summed E-state index contributed by atoms with van der Waals surface area (Å²) in [5, 5.41) is 12.2. The van der Waals surface area contributed by atoms with Gasteiger partial charge in [-0.05, 0) is 24.7 Å². The van der Waals surface area contributed by atoms with Gasteiger partial charge in [-0.1, -0.05) is 13.8 Å². The van der Waals surface area contributed by atoms with Crippen LogP contribution in [0.3, 0.4) is 0 Å². The fourth-order valence-electron chi connectivity index (χ4n) is 2.88. The third-order valence-corrected chi connectivity index (χ3v) is 4.76. The molecule has 2 fully saturated rings. The molecule has 0 aliphatic carbocycles. The minimum absolute atomic E-state index is 0.145. The summed E-state index contributed by atoms with van der Waals surface area (Å²) in [7, 11) is 0. The number of amides is 2. The molecule has 0 saturated carbocycles. The lowest BCUT2D eigenvalue weighted by Gasteiger charge is -2.33. The van der Waals surface area contributed by atoms with Crippen molar-refractivity contribution in [2.75, 3.05) is 32.8 Å². The van der Waals surface area contributed by atoms with Crippen LogP contribution in [0.1, 0.15) is 26.7 Å². The molecular weight excluding hydrogens is 260 g/mol. The number of nitrogens with zero attached hydrogens (tertiary/aromatic N) is 1. The average molecular weight is 284 g/mol. The highest BCUT2D eigenvalue weighted by Crippen LogP contribution is 2.30. The van der Waals surface area contributed by atoms with Crippen molar-refractivity contribution in [1.82, 2.24) is 10.2 Å². The van der Waals surface area contributed by atoms with E-state index in [0.717, 1.165) is 13.1 Å². The molecule has 6 nitrogen and oxygen atoms in total. The fourth-order valence-corrected chi connectivity index (χ4v) is 2.88. The molecule has 0 aromatic carbocycles. The highest BCUT2D eigenvalue weighted by atomic mass is 16.5. The molecule has 2 saturated heterocycles. The number of hydrogen-bond acceptors (Lipinski definition) is 3. The van der Waals surface area contributed by atoms with Crippen molar-refractivity contribution in [3.8, 4) is 0 Å². The molecule has 2 rings (SSSR count). The molecule has 2 aliphatic rings. The van der Waals surface area contributed by atoms with Gasteiger partial charge in [-0.2, -0.15) is 0 Å². The van der Waals surface area contributed by atoms with Gasteiger partial charge in [-0.3, -0.25) is 4.79 Å². The molecule has 0 aromatic heterocycles. The number of ether oxygens (including phenoxy) is 1. The zero-order valence-electron chi connectivity index (χ0n) is 12.2. The Kier molecular flexibility index (Phi) is 4.52. The first-order chi connectivity index (χ1) is 9.44. The summed E-state index contributed by atoms with van der Waals surface area (Å²) in [4.78, 5) is 25.4. The van der Waals surface area contributed by atoms with Crippen molar-refractivity contribution >= 4 is 12.0 Å². The van der Waals surface area contributed by atoms with Crippen LogP contribution in [0.2, 0.25) is 0 Å². The number of carbonyl (C=O) groups is 2. The minimum Gasteiger partial charge on any atom is -0.481 e. The number of hydrogen-bond donors (Lipinski definition) is 2. The Hall–Kier alpha value is -1.30. The lowest BCUT2D eigenvalue weighted by Crippen LogP contribution is -2.49. The molecule has 2 amide bonds. The van der Waals surface area contributed by atoms with Gasteiger partial charge in [-0.15, -0.1) is 0 Å². The van der Waals surface area contributed by atoms with Crippen LogP contribution in [-0.2, 0) is 9.53 Å². The molecule has 2 aliphatic heterocycles. The van der Waals surface area contributed by atoms with Crippen molar-refractivity contribution in [2.45, 2.75) is 26.7 Å². The Labute approximate surface area is 119 Å². The molecule has 2 N–H and O–H groups in total. The van der Waals surface area contributed by atoms with Crippen LogP contribution in [0.25, 0.3) is 0 Å². The third kappa shape index (κ3) is 3.06. The second-order valence-electron chi connectivity index (χ2n) is 6.22. The van der Waals surface area contributed by atoms with Gasteiger partial charge in [0.05, 0.1) is 5.41 Å². The van der Waals surface area contributed by atoms with E-state index in [9.17, 15) is 14.7 Å². The minimum atomic E-state index is -0.870. The van der Waals surface area contributed by atoms with Gasteiger partial charge >= 0.3 is 12.0 Å². The van der Waals surface area contributed by atoms with E-state index in [0.29, 0.717) is 37.9 Å². The van der Waals surface area contributed by atoms with E-state index in [4.69, 9.17) is 4.74 Å². The van der Waals surface area contributed by atoms with E-state index in [1.807, 2.05) is 0 Å². The van der Waals surface area contributed by atoms with E-state index in [1.165, 1.54) is 0 Å². The van der Waals surface area contributed by atoms with E-state index >= 15 is 0 Å². The number of urea groups is 1. The van der Waals surface area contributed by atoms with Crippen molar-refractivity contribution in [1.29, 1.82) is 0 Å². The quantitative estimate of drug-likeness (QED) is 0.815. The summed E-state index contributed by atoms with van der Waals surface area (Å²) in [6, 6.07) is -0.145. The van der Waals surface area contributed by atoms with E-state index in [2.05, 4.69) is 19.2 Å². The third-order valence-electron chi connectivity index (χ3n) is 4.76. The molecule has 0 spiro atoms. The highest BCUT2D eigenvalue weighted by Gasteiger charge is 2.41. The Bertz CT molecular complexity index is 369. The van der Waals surface area contributed by atoms with Crippen LogP contribution in [0.15, 0.2) is 0 Å². The molecule has 6 heteroatoms. The number of carboxylic acids is 1. The molecule has 2 heterocycles. The number of nitrogens with one attached hydrogen (secondary N) is 1. The number of carbonyl (C=O) groups excluding carboxylic acids is 1. The lowest BCUT2D eigenvalue weighted by molar-refractivity contribution is -0.154. The monoisotopic (exact) mass is 284 g/mol. The molecule has 2 unspecified atom stereocenters. The van der Waals surface area contributed by atoms with Crippen LogP contribution >= 0.6 is 0 Å². The SMILES string of the molecule is CC1CN(C(=O)NCC2(C(=O)O)CCOCC2)CC1C. The Morgan fingerprint density at radius 2 is 1.80 bits per heavy atom. The van der Waals surface area contributed by atoms with Gasteiger partial charge in [0.1, 0.15) is 0 Å². The zero-order valence-corrected chi connectivity index (χ0v) is 12.2. The maximum Gasteiger partial charge on any atom is 0.317 e. The lowest BCUT2D eigenvalue weighted by atomic mass is 9.80. The first-order valence-corrected chi connectivity index (χ1v) is 7.28. The van der Waals surface area contributed by atoms with Crippen molar-refractivity contribution < 1.29 is 19.4 Å². The predicted molar refractivity (Wildman–Crippen MR) is 73.4 cm³/mol. The molecule has 0 radical (unpaired) electrons. The smallest absolute Gasteiger partial charge is 0.317 e. The first kappa shape index (κ1) is 15.1. The number of carboxylic acid groups (broad SMARTS) is 1. The first-order valence-electron chi connectivity index (χ1n) is 7.28. The normalized spacial score (nSPS) is 29.2. The van der Waals surface area contributed by atoms with E-state index < -0.39 is 11.4 Å². The maximum absolute atomic E-state index is 12.1. The summed E-state index contributed by atoms with van der Waals surface area (Å²) in [6.07, 6.45) is 0.908. The molecule has 0 aromatic rings. The van der Waals surface area contributed by atoms with Crippen molar-refractivity contribution in [2.24, 2.45) is 17.3 Å².